The van der Waals surface area contributed by atoms with E-state index in [0.717, 1.165) is 19.6 Å². The molecule has 21 heavy (non-hydrogen) atoms. The molecular formula is C14H22N4O2S. The number of nitrogens with one attached hydrogen (secondary N) is 1. The van der Waals surface area contributed by atoms with Crippen LogP contribution in [-0.2, 0) is 10.0 Å². The Bertz CT molecular complexity index is 575. The highest BCUT2D eigenvalue weighted by Gasteiger charge is 2.34. The van der Waals surface area contributed by atoms with Crippen LogP contribution in [0.5, 0.6) is 0 Å². The van der Waals surface area contributed by atoms with Gasteiger partial charge in [-0.05, 0) is 31.9 Å². The van der Waals surface area contributed by atoms with Crippen LogP contribution in [0, 0.1) is 0 Å². The van der Waals surface area contributed by atoms with Crippen molar-refractivity contribution in [3.05, 3.63) is 18.3 Å². The van der Waals surface area contributed by atoms with Gasteiger partial charge in [-0.3, -0.25) is 4.90 Å². The molecule has 1 aromatic rings. The molecule has 116 valence electrons. The van der Waals surface area contributed by atoms with E-state index in [2.05, 4.69) is 15.2 Å². The van der Waals surface area contributed by atoms with Crippen LogP contribution in [0.3, 0.4) is 0 Å². The molecule has 3 rings (SSSR count). The van der Waals surface area contributed by atoms with Crippen molar-refractivity contribution in [2.45, 2.75) is 30.7 Å². The summed E-state index contributed by atoms with van der Waals surface area (Å²) < 4.78 is 26.8. The van der Waals surface area contributed by atoms with Gasteiger partial charge in [0, 0.05) is 45.0 Å². The minimum atomic E-state index is -3.41. The van der Waals surface area contributed by atoms with Crippen LogP contribution in [0.15, 0.2) is 23.2 Å². The largest absolute Gasteiger partial charge is 0.370 e. The second-order valence-corrected chi connectivity index (χ2v) is 7.52. The molecule has 2 aliphatic rings. The van der Waals surface area contributed by atoms with Crippen LogP contribution in [0.4, 0.5) is 5.82 Å². The number of piperazine rings is 1. The van der Waals surface area contributed by atoms with E-state index >= 15 is 0 Å². The fourth-order valence-corrected chi connectivity index (χ4v) is 4.08. The van der Waals surface area contributed by atoms with E-state index < -0.39 is 10.0 Å². The van der Waals surface area contributed by atoms with Gasteiger partial charge in [-0.15, -0.1) is 0 Å². The summed E-state index contributed by atoms with van der Waals surface area (Å²) >= 11 is 0. The first kappa shape index (κ1) is 14.7. The van der Waals surface area contributed by atoms with Crippen molar-refractivity contribution >= 4 is 15.8 Å². The first-order valence-electron chi connectivity index (χ1n) is 7.55. The van der Waals surface area contributed by atoms with E-state index in [1.54, 1.807) is 16.4 Å². The van der Waals surface area contributed by atoms with Gasteiger partial charge in [-0.2, -0.15) is 4.31 Å². The molecule has 2 heterocycles. The van der Waals surface area contributed by atoms with Gasteiger partial charge < -0.3 is 5.32 Å². The van der Waals surface area contributed by atoms with Gasteiger partial charge in [0.1, 0.15) is 10.7 Å². The standard InChI is InChI=1S/C14H22N4O2S/c1-2-15-14-6-5-13(11-16-14)21(19,20)18-9-7-17(8-10-18)12-3-4-12/h5-6,11-12H,2-4,7-10H2,1H3,(H,15,16). The summed E-state index contributed by atoms with van der Waals surface area (Å²) in [6, 6.07) is 4.06. The van der Waals surface area contributed by atoms with E-state index in [4.69, 9.17) is 0 Å². The van der Waals surface area contributed by atoms with Crippen LogP contribution >= 0.6 is 0 Å². The fraction of sp³-hybridized carbons (Fsp3) is 0.643. The molecule has 0 amide bonds. The van der Waals surface area contributed by atoms with Gasteiger partial charge in [0.15, 0.2) is 0 Å². The summed E-state index contributed by atoms with van der Waals surface area (Å²) in [5.74, 6) is 0.704. The van der Waals surface area contributed by atoms with Gasteiger partial charge in [0.2, 0.25) is 10.0 Å². The molecule has 1 aliphatic heterocycles. The van der Waals surface area contributed by atoms with E-state index in [9.17, 15) is 8.42 Å². The highest BCUT2D eigenvalue weighted by Crippen LogP contribution is 2.28. The SMILES string of the molecule is CCNc1ccc(S(=O)(=O)N2CCN(C3CC3)CC2)cn1. The molecule has 7 heteroatoms. The lowest BCUT2D eigenvalue weighted by molar-refractivity contribution is 0.180. The zero-order valence-electron chi connectivity index (χ0n) is 12.3. The summed E-state index contributed by atoms with van der Waals surface area (Å²) in [5.41, 5.74) is 0. The average Bonchev–Trinajstić information content (AvgIpc) is 3.33. The Morgan fingerprint density at radius 1 is 1.24 bits per heavy atom. The second kappa shape index (κ2) is 5.90. The van der Waals surface area contributed by atoms with Crippen LogP contribution < -0.4 is 5.32 Å². The molecule has 1 saturated heterocycles. The molecule has 1 saturated carbocycles. The number of nitrogens with zero attached hydrogens (tertiary/aromatic N) is 3. The van der Waals surface area contributed by atoms with Crippen molar-refractivity contribution in [3.8, 4) is 0 Å². The Morgan fingerprint density at radius 3 is 2.48 bits per heavy atom. The lowest BCUT2D eigenvalue weighted by Gasteiger charge is -2.33. The maximum atomic E-state index is 12.6. The third-order valence-corrected chi connectivity index (χ3v) is 5.95. The molecule has 0 aromatic carbocycles. The molecule has 1 aliphatic carbocycles. The second-order valence-electron chi connectivity index (χ2n) is 5.58. The maximum absolute atomic E-state index is 12.6. The minimum Gasteiger partial charge on any atom is -0.370 e. The van der Waals surface area contributed by atoms with Crippen molar-refractivity contribution in [1.82, 2.24) is 14.2 Å². The van der Waals surface area contributed by atoms with Crippen molar-refractivity contribution in [3.63, 3.8) is 0 Å². The van der Waals surface area contributed by atoms with E-state index in [1.165, 1.54) is 19.0 Å². The molecule has 0 spiro atoms. The summed E-state index contributed by atoms with van der Waals surface area (Å²) in [4.78, 5) is 6.84. The Hall–Kier alpha value is -1.18. The van der Waals surface area contributed by atoms with Crippen molar-refractivity contribution < 1.29 is 8.42 Å². The summed E-state index contributed by atoms with van der Waals surface area (Å²) in [5, 5.41) is 3.06. The smallest absolute Gasteiger partial charge is 0.244 e. The van der Waals surface area contributed by atoms with Crippen molar-refractivity contribution in [1.29, 1.82) is 0 Å². The molecule has 0 bridgehead atoms. The van der Waals surface area contributed by atoms with Crippen LogP contribution in [-0.4, -0.2) is 61.4 Å². The van der Waals surface area contributed by atoms with Crippen LogP contribution in [0.2, 0.25) is 0 Å². The molecule has 2 fully saturated rings. The first-order chi connectivity index (χ1) is 10.1. The van der Waals surface area contributed by atoms with E-state index in [0.29, 0.717) is 24.9 Å². The normalized spacial score (nSPS) is 21.4. The number of aromatic nitrogens is 1. The molecule has 0 unspecified atom stereocenters. The Balaban J connectivity index is 1.68. The number of anilines is 1. The van der Waals surface area contributed by atoms with Gasteiger partial charge in [0.05, 0.1) is 0 Å². The van der Waals surface area contributed by atoms with Gasteiger partial charge >= 0.3 is 0 Å². The molecule has 6 nitrogen and oxygen atoms in total. The van der Waals surface area contributed by atoms with Gasteiger partial charge in [0.25, 0.3) is 0 Å². The number of hydrogen-bond acceptors (Lipinski definition) is 5. The zero-order chi connectivity index (χ0) is 14.9. The van der Waals surface area contributed by atoms with Crippen molar-refractivity contribution in [2.75, 3.05) is 38.0 Å². The zero-order valence-corrected chi connectivity index (χ0v) is 13.1. The number of sulfonamides is 1. The average molecular weight is 310 g/mol. The number of rotatable bonds is 5. The van der Waals surface area contributed by atoms with Crippen LogP contribution in [0.25, 0.3) is 0 Å². The quantitative estimate of drug-likeness (QED) is 0.878. The maximum Gasteiger partial charge on any atom is 0.244 e. The number of pyridine rings is 1. The minimum absolute atomic E-state index is 0.282. The topological polar surface area (TPSA) is 65.5 Å². The molecule has 1 aromatic heterocycles. The monoisotopic (exact) mass is 310 g/mol. The molecule has 0 atom stereocenters. The predicted molar refractivity (Wildman–Crippen MR) is 81.8 cm³/mol. The van der Waals surface area contributed by atoms with E-state index in [1.807, 2.05) is 6.92 Å². The van der Waals surface area contributed by atoms with E-state index in [-0.39, 0.29) is 4.90 Å². The van der Waals surface area contributed by atoms with Crippen molar-refractivity contribution in [2.24, 2.45) is 0 Å². The summed E-state index contributed by atoms with van der Waals surface area (Å²) in [6.07, 6.45) is 3.98. The lowest BCUT2D eigenvalue weighted by atomic mass is 10.3. The Labute approximate surface area is 126 Å². The van der Waals surface area contributed by atoms with Crippen LogP contribution in [0.1, 0.15) is 19.8 Å². The highest BCUT2D eigenvalue weighted by atomic mass is 32.2. The number of hydrogen-bond donors (Lipinski definition) is 1. The van der Waals surface area contributed by atoms with Gasteiger partial charge in [-0.25, -0.2) is 13.4 Å². The highest BCUT2D eigenvalue weighted by molar-refractivity contribution is 7.89. The predicted octanol–water partition coefficient (Wildman–Crippen LogP) is 0.982. The fourth-order valence-electron chi connectivity index (χ4n) is 2.72. The third kappa shape index (κ3) is 3.20. The third-order valence-electron chi connectivity index (χ3n) is 4.07. The first-order valence-corrected chi connectivity index (χ1v) is 8.99. The Morgan fingerprint density at radius 2 is 1.95 bits per heavy atom. The summed E-state index contributed by atoms with van der Waals surface area (Å²) in [6.45, 7) is 5.58. The van der Waals surface area contributed by atoms with Gasteiger partial charge in [-0.1, -0.05) is 0 Å². The molecule has 1 N–H and O–H groups in total. The summed E-state index contributed by atoms with van der Waals surface area (Å²) in [7, 11) is -3.41. The Kier molecular flexibility index (Phi) is 4.14. The molecule has 0 radical (unpaired) electrons. The molecular weight excluding hydrogens is 288 g/mol. The lowest BCUT2D eigenvalue weighted by Crippen LogP contribution is -2.49.